The summed E-state index contributed by atoms with van der Waals surface area (Å²) in [6, 6.07) is 0.151. The van der Waals surface area contributed by atoms with Crippen LogP contribution in [0, 0.1) is 6.92 Å². The number of hydrogen-bond donors (Lipinski definition) is 2. The van der Waals surface area contributed by atoms with E-state index in [4.69, 9.17) is 0 Å². The van der Waals surface area contributed by atoms with Crippen LogP contribution in [0.5, 0.6) is 0 Å². The van der Waals surface area contributed by atoms with Gasteiger partial charge in [-0.15, -0.1) is 6.58 Å². The normalized spacial score (nSPS) is 18.6. The Labute approximate surface area is 106 Å². The molecule has 3 heterocycles. The van der Waals surface area contributed by atoms with Crippen LogP contribution in [0.3, 0.4) is 0 Å². The van der Waals surface area contributed by atoms with Gasteiger partial charge in [0.25, 0.3) is 0 Å². The summed E-state index contributed by atoms with van der Waals surface area (Å²) >= 11 is 0. The maximum Gasteiger partial charge on any atom is 0.0926 e. The minimum absolute atomic E-state index is 0.151. The zero-order chi connectivity index (χ0) is 12.5. The molecule has 0 aliphatic carbocycles. The van der Waals surface area contributed by atoms with Crippen molar-refractivity contribution < 1.29 is 0 Å². The highest BCUT2D eigenvalue weighted by Gasteiger charge is 2.26. The quantitative estimate of drug-likeness (QED) is 0.800. The van der Waals surface area contributed by atoms with E-state index in [1.54, 1.807) is 6.33 Å². The van der Waals surface area contributed by atoms with Gasteiger partial charge in [-0.1, -0.05) is 6.08 Å². The molecular formula is C13H17N5. The second-order valence-corrected chi connectivity index (χ2v) is 4.58. The molecular weight excluding hydrogens is 226 g/mol. The third-order valence-corrected chi connectivity index (χ3v) is 3.36. The van der Waals surface area contributed by atoms with E-state index in [2.05, 4.69) is 33.2 Å². The number of hydrogen-bond acceptors (Lipinski definition) is 3. The van der Waals surface area contributed by atoms with Crippen molar-refractivity contribution >= 4 is 0 Å². The van der Waals surface area contributed by atoms with Crippen molar-refractivity contribution in [3.05, 3.63) is 47.8 Å². The lowest BCUT2D eigenvalue weighted by Gasteiger charge is -2.22. The predicted octanol–water partition coefficient (Wildman–Crippen LogP) is 1.34. The number of nitrogens with zero attached hydrogens (tertiary/aromatic N) is 3. The van der Waals surface area contributed by atoms with Crippen LogP contribution in [0.15, 0.2) is 25.2 Å². The van der Waals surface area contributed by atoms with Crippen LogP contribution in [0.25, 0.3) is 0 Å². The first-order chi connectivity index (χ1) is 8.79. The Balaban J connectivity index is 1.99. The molecule has 0 amide bonds. The highest BCUT2D eigenvalue weighted by molar-refractivity contribution is 5.33. The van der Waals surface area contributed by atoms with Crippen LogP contribution in [-0.4, -0.2) is 26.3 Å². The highest BCUT2D eigenvalue weighted by atomic mass is 15.3. The molecule has 0 radical (unpaired) electrons. The largest absolute Gasteiger partial charge is 0.348 e. The smallest absolute Gasteiger partial charge is 0.0926 e. The maximum absolute atomic E-state index is 4.50. The standard InChI is InChI=1S/C13H17N5/c1-3-6-18-7-10(9(2)17-18)12-13-11(4-5-14-12)15-8-16-13/h3,7-8,12,14H,1,4-6H2,2H3,(H,15,16). The lowest BCUT2D eigenvalue weighted by Crippen LogP contribution is -2.30. The fourth-order valence-corrected chi connectivity index (χ4v) is 2.52. The first-order valence-electron chi connectivity index (χ1n) is 6.20. The number of aromatic amines is 1. The van der Waals surface area contributed by atoms with Crippen LogP contribution in [0.2, 0.25) is 0 Å². The van der Waals surface area contributed by atoms with Gasteiger partial charge in [-0.25, -0.2) is 4.98 Å². The fourth-order valence-electron chi connectivity index (χ4n) is 2.52. The third-order valence-electron chi connectivity index (χ3n) is 3.36. The molecule has 0 saturated heterocycles. The maximum atomic E-state index is 4.50. The minimum atomic E-state index is 0.151. The van der Waals surface area contributed by atoms with Gasteiger partial charge in [-0.3, -0.25) is 4.68 Å². The molecule has 0 saturated carbocycles. The van der Waals surface area contributed by atoms with Crippen LogP contribution in [0.1, 0.15) is 28.7 Å². The molecule has 2 N–H and O–H groups in total. The molecule has 3 rings (SSSR count). The molecule has 1 aliphatic rings. The average molecular weight is 243 g/mol. The minimum Gasteiger partial charge on any atom is -0.348 e. The number of rotatable bonds is 3. The van der Waals surface area contributed by atoms with E-state index >= 15 is 0 Å². The predicted molar refractivity (Wildman–Crippen MR) is 69.3 cm³/mol. The lowest BCUT2D eigenvalue weighted by atomic mass is 9.99. The van der Waals surface area contributed by atoms with E-state index in [1.165, 1.54) is 11.3 Å². The summed E-state index contributed by atoms with van der Waals surface area (Å²) in [6.45, 7) is 7.48. The van der Waals surface area contributed by atoms with Crippen LogP contribution >= 0.6 is 0 Å². The Bertz CT molecular complexity index is 566. The Morgan fingerprint density at radius 1 is 1.61 bits per heavy atom. The van der Waals surface area contributed by atoms with Crippen molar-refractivity contribution in [3.63, 3.8) is 0 Å². The van der Waals surface area contributed by atoms with E-state index < -0.39 is 0 Å². The Kier molecular flexibility index (Phi) is 2.76. The fraction of sp³-hybridized carbons (Fsp3) is 0.385. The number of fused-ring (bicyclic) bond motifs is 1. The molecule has 1 unspecified atom stereocenters. The highest BCUT2D eigenvalue weighted by Crippen LogP contribution is 2.27. The molecule has 5 nitrogen and oxygen atoms in total. The molecule has 94 valence electrons. The van der Waals surface area contributed by atoms with Gasteiger partial charge in [0, 0.05) is 30.4 Å². The zero-order valence-electron chi connectivity index (χ0n) is 10.5. The van der Waals surface area contributed by atoms with Crippen molar-refractivity contribution in [1.29, 1.82) is 0 Å². The second-order valence-electron chi connectivity index (χ2n) is 4.58. The molecule has 5 heteroatoms. The number of aryl methyl sites for hydroxylation is 1. The summed E-state index contributed by atoms with van der Waals surface area (Å²) in [7, 11) is 0. The summed E-state index contributed by atoms with van der Waals surface area (Å²) in [5, 5.41) is 8.01. The van der Waals surface area contributed by atoms with Gasteiger partial charge in [0.15, 0.2) is 0 Å². The van der Waals surface area contributed by atoms with Gasteiger partial charge in [0.05, 0.1) is 30.3 Å². The van der Waals surface area contributed by atoms with E-state index in [1.807, 2.05) is 17.7 Å². The Morgan fingerprint density at radius 3 is 3.33 bits per heavy atom. The van der Waals surface area contributed by atoms with Gasteiger partial charge < -0.3 is 10.3 Å². The lowest BCUT2D eigenvalue weighted by molar-refractivity contribution is 0.551. The van der Waals surface area contributed by atoms with E-state index in [0.29, 0.717) is 0 Å². The van der Waals surface area contributed by atoms with Crippen LogP contribution < -0.4 is 5.32 Å². The van der Waals surface area contributed by atoms with Crippen molar-refractivity contribution in [1.82, 2.24) is 25.1 Å². The molecule has 1 atom stereocenters. The summed E-state index contributed by atoms with van der Waals surface area (Å²) in [5.74, 6) is 0. The molecule has 0 bridgehead atoms. The molecule has 2 aromatic heterocycles. The Morgan fingerprint density at radius 2 is 2.50 bits per heavy atom. The molecule has 18 heavy (non-hydrogen) atoms. The van der Waals surface area contributed by atoms with Gasteiger partial charge >= 0.3 is 0 Å². The molecule has 0 spiro atoms. The number of imidazole rings is 1. The SMILES string of the molecule is C=CCn1cc(C2NCCc3[nH]cnc32)c(C)n1. The summed E-state index contributed by atoms with van der Waals surface area (Å²) in [5.41, 5.74) is 4.58. The Hall–Kier alpha value is -1.88. The number of allylic oxidation sites excluding steroid dienone is 1. The van der Waals surface area contributed by atoms with Crippen LogP contribution in [0.4, 0.5) is 0 Å². The van der Waals surface area contributed by atoms with Gasteiger partial charge in [0.2, 0.25) is 0 Å². The third kappa shape index (κ3) is 1.76. The van der Waals surface area contributed by atoms with Crippen molar-refractivity contribution in [3.8, 4) is 0 Å². The number of H-pyrrole nitrogens is 1. The van der Waals surface area contributed by atoms with Gasteiger partial charge in [-0.2, -0.15) is 5.10 Å². The summed E-state index contributed by atoms with van der Waals surface area (Å²) in [6.07, 6.45) is 6.71. The van der Waals surface area contributed by atoms with Gasteiger partial charge in [0.1, 0.15) is 0 Å². The van der Waals surface area contributed by atoms with E-state index in [9.17, 15) is 0 Å². The van der Waals surface area contributed by atoms with Crippen molar-refractivity contribution in [2.75, 3.05) is 6.54 Å². The first-order valence-corrected chi connectivity index (χ1v) is 6.20. The number of aromatic nitrogens is 4. The van der Waals surface area contributed by atoms with E-state index in [-0.39, 0.29) is 6.04 Å². The monoisotopic (exact) mass is 243 g/mol. The number of nitrogens with one attached hydrogen (secondary N) is 2. The van der Waals surface area contributed by atoms with Crippen molar-refractivity contribution in [2.24, 2.45) is 0 Å². The van der Waals surface area contributed by atoms with Gasteiger partial charge in [-0.05, 0) is 6.92 Å². The van der Waals surface area contributed by atoms with E-state index in [0.717, 1.165) is 30.9 Å². The second kappa shape index (κ2) is 4.42. The zero-order valence-corrected chi connectivity index (χ0v) is 10.5. The molecule has 1 aliphatic heterocycles. The van der Waals surface area contributed by atoms with Crippen LogP contribution in [-0.2, 0) is 13.0 Å². The molecule has 2 aromatic rings. The summed E-state index contributed by atoms with van der Waals surface area (Å²) in [4.78, 5) is 7.65. The van der Waals surface area contributed by atoms with Crippen molar-refractivity contribution in [2.45, 2.75) is 25.9 Å². The molecule has 0 aromatic carbocycles. The first kappa shape index (κ1) is 11.2. The summed E-state index contributed by atoms with van der Waals surface area (Å²) < 4.78 is 1.92. The molecule has 0 fully saturated rings. The average Bonchev–Trinajstić information content (AvgIpc) is 2.95. The topological polar surface area (TPSA) is 58.5 Å².